The molecular weight excluding hydrogens is 258 g/mol. The number of rotatable bonds is 5. The molecule has 0 heterocycles. The topological polar surface area (TPSA) is 86.6 Å². The van der Waals surface area contributed by atoms with Crippen LogP contribution in [0.5, 0.6) is 0 Å². The highest BCUT2D eigenvalue weighted by Crippen LogP contribution is 2.38. The molecule has 20 heavy (non-hydrogen) atoms. The summed E-state index contributed by atoms with van der Waals surface area (Å²) in [5, 5.41) is 22.3. The molecule has 5 heteroatoms. The van der Waals surface area contributed by atoms with Crippen LogP contribution in [0.2, 0.25) is 0 Å². The summed E-state index contributed by atoms with van der Waals surface area (Å²) in [5.41, 5.74) is -0.781. The van der Waals surface area contributed by atoms with Gasteiger partial charge in [0.15, 0.2) is 0 Å². The van der Waals surface area contributed by atoms with E-state index in [2.05, 4.69) is 5.32 Å². The molecule has 0 spiro atoms. The number of carbonyl (C=O) groups excluding carboxylic acids is 1. The van der Waals surface area contributed by atoms with E-state index in [1.54, 1.807) is 0 Å². The normalized spacial score (nSPS) is 32.2. The predicted molar refractivity (Wildman–Crippen MR) is 74.1 cm³/mol. The van der Waals surface area contributed by atoms with E-state index in [0.717, 1.165) is 32.1 Å². The van der Waals surface area contributed by atoms with Gasteiger partial charge in [0, 0.05) is 6.54 Å². The van der Waals surface area contributed by atoms with Gasteiger partial charge in [-0.25, -0.2) is 0 Å². The third kappa shape index (κ3) is 3.32. The van der Waals surface area contributed by atoms with Gasteiger partial charge in [-0.05, 0) is 31.6 Å². The zero-order chi connectivity index (χ0) is 14.8. The molecule has 1 amide bonds. The summed E-state index contributed by atoms with van der Waals surface area (Å²) in [6.45, 7) is 2.29. The maximum atomic E-state index is 12.2. The lowest BCUT2D eigenvalue weighted by Crippen LogP contribution is -2.44. The molecule has 0 saturated heterocycles. The molecule has 3 atom stereocenters. The summed E-state index contributed by atoms with van der Waals surface area (Å²) < 4.78 is 0. The lowest BCUT2D eigenvalue weighted by atomic mass is 9.94. The van der Waals surface area contributed by atoms with E-state index < -0.39 is 23.4 Å². The molecule has 2 saturated carbocycles. The van der Waals surface area contributed by atoms with E-state index in [0.29, 0.717) is 18.8 Å². The van der Waals surface area contributed by atoms with Gasteiger partial charge in [-0.15, -0.1) is 0 Å². The number of amides is 1. The van der Waals surface area contributed by atoms with Crippen molar-refractivity contribution in [3.05, 3.63) is 0 Å². The van der Waals surface area contributed by atoms with Crippen molar-refractivity contribution in [2.45, 2.75) is 57.5 Å². The molecule has 0 aliphatic heterocycles. The molecule has 3 N–H and O–H groups in total. The highest BCUT2D eigenvalue weighted by Gasteiger charge is 2.42. The second-order valence-corrected chi connectivity index (χ2v) is 6.45. The first-order valence-electron chi connectivity index (χ1n) is 7.68. The van der Waals surface area contributed by atoms with Gasteiger partial charge < -0.3 is 15.5 Å². The number of hydrogen-bond acceptors (Lipinski definition) is 3. The van der Waals surface area contributed by atoms with Crippen molar-refractivity contribution in [2.75, 3.05) is 6.54 Å². The van der Waals surface area contributed by atoms with Gasteiger partial charge in [0.2, 0.25) is 5.91 Å². The molecule has 0 bridgehead atoms. The van der Waals surface area contributed by atoms with Crippen LogP contribution in [-0.2, 0) is 9.59 Å². The van der Waals surface area contributed by atoms with E-state index in [-0.39, 0.29) is 12.5 Å². The maximum absolute atomic E-state index is 12.2. The molecule has 5 nitrogen and oxygen atoms in total. The van der Waals surface area contributed by atoms with Gasteiger partial charge in [0.25, 0.3) is 0 Å². The second-order valence-electron chi connectivity index (χ2n) is 6.45. The zero-order valence-corrected chi connectivity index (χ0v) is 12.1. The fourth-order valence-corrected chi connectivity index (χ4v) is 3.63. The minimum Gasteiger partial charge on any atom is -0.481 e. The molecule has 2 aliphatic carbocycles. The second kappa shape index (κ2) is 6.12. The molecule has 0 radical (unpaired) electrons. The number of aliphatic carboxylic acids is 1. The SMILES string of the molecule is CCC1C[C@H](C(=O)NCC2(O)CCCC2)[C@H](C(=O)O)C1. The van der Waals surface area contributed by atoms with Gasteiger partial charge >= 0.3 is 5.97 Å². The van der Waals surface area contributed by atoms with Crippen LogP contribution in [0.4, 0.5) is 0 Å². The van der Waals surface area contributed by atoms with Crippen LogP contribution in [0.25, 0.3) is 0 Å². The fourth-order valence-electron chi connectivity index (χ4n) is 3.63. The largest absolute Gasteiger partial charge is 0.481 e. The Kier molecular flexibility index (Phi) is 4.68. The van der Waals surface area contributed by atoms with Crippen molar-refractivity contribution in [1.29, 1.82) is 0 Å². The number of nitrogens with one attached hydrogen (secondary N) is 1. The van der Waals surface area contributed by atoms with E-state index in [1.165, 1.54) is 0 Å². The highest BCUT2D eigenvalue weighted by molar-refractivity contribution is 5.85. The van der Waals surface area contributed by atoms with E-state index in [4.69, 9.17) is 0 Å². The van der Waals surface area contributed by atoms with Gasteiger partial charge in [-0.3, -0.25) is 9.59 Å². The van der Waals surface area contributed by atoms with Crippen molar-refractivity contribution in [1.82, 2.24) is 5.32 Å². The monoisotopic (exact) mass is 283 g/mol. The molecular formula is C15H25NO4. The van der Waals surface area contributed by atoms with Gasteiger partial charge in [-0.1, -0.05) is 26.2 Å². The molecule has 1 unspecified atom stereocenters. The Morgan fingerprint density at radius 2 is 1.80 bits per heavy atom. The Bertz CT molecular complexity index is 376. The first-order valence-corrected chi connectivity index (χ1v) is 7.68. The molecule has 2 aliphatic rings. The Hall–Kier alpha value is -1.10. The van der Waals surface area contributed by atoms with Crippen molar-refractivity contribution in [3.63, 3.8) is 0 Å². The standard InChI is InChI=1S/C15H25NO4/c1-2-10-7-11(12(8-10)14(18)19)13(17)16-9-15(20)5-3-4-6-15/h10-12,20H,2-9H2,1H3,(H,16,17)(H,18,19)/t10?,11-,12+/m0/s1. The Labute approximate surface area is 119 Å². The minimum absolute atomic E-state index is 0.200. The van der Waals surface area contributed by atoms with Crippen LogP contribution in [0.3, 0.4) is 0 Å². The highest BCUT2D eigenvalue weighted by atomic mass is 16.4. The number of carbonyl (C=O) groups is 2. The van der Waals surface area contributed by atoms with Gasteiger partial charge in [0.1, 0.15) is 0 Å². The van der Waals surface area contributed by atoms with Crippen molar-refractivity contribution < 1.29 is 19.8 Å². The number of aliphatic hydroxyl groups is 1. The lowest BCUT2D eigenvalue weighted by molar-refractivity contribution is -0.146. The minimum atomic E-state index is -0.874. The summed E-state index contributed by atoms with van der Waals surface area (Å²) >= 11 is 0. The first kappa shape index (κ1) is 15.3. The molecule has 2 fully saturated rings. The first-order chi connectivity index (χ1) is 9.45. The third-order valence-corrected chi connectivity index (χ3v) is 5.02. The molecule has 2 rings (SSSR count). The van der Waals surface area contributed by atoms with Crippen LogP contribution >= 0.6 is 0 Å². The summed E-state index contributed by atoms with van der Waals surface area (Å²) in [6.07, 6.45) is 5.58. The van der Waals surface area contributed by atoms with E-state index >= 15 is 0 Å². The van der Waals surface area contributed by atoms with Gasteiger partial charge in [0.05, 0.1) is 17.4 Å². The summed E-state index contributed by atoms with van der Waals surface area (Å²) in [4.78, 5) is 23.5. The third-order valence-electron chi connectivity index (χ3n) is 5.02. The Morgan fingerprint density at radius 1 is 1.20 bits per heavy atom. The van der Waals surface area contributed by atoms with E-state index in [1.807, 2.05) is 6.92 Å². The number of carboxylic acids is 1. The quantitative estimate of drug-likeness (QED) is 0.714. The summed E-state index contributed by atoms with van der Waals surface area (Å²) in [5.74, 6) is -1.77. The lowest BCUT2D eigenvalue weighted by Gasteiger charge is -2.24. The van der Waals surface area contributed by atoms with E-state index in [9.17, 15) is 19.8 Å². The fraction of sp³-hybridized carbons (Fsp3) is 0.867. The average Bonchev–Trinajstić information content (AvgIpc) is 3.02. The molecule has 0 aromatic heterocycles. The average molecular weight is 283 g/mol. The van der Waals surface area contributed by atoms with Crippen LogP contribution in [0.1, 0.15) is 51.9 Å². The number of carboxylic acid groups (broad SMARTS) is 1. The van der Waals surface area contributed by atoms with Crippen LogP contribution < -0.4 is 5.32 Å². The summed E-state index contributed by atoms with van der Waals surface area (Å²) in [6, 6.07) is 0. The number of hydrogen-bond donors (Lipinski definition) is 3. The predicted octanol–water partition coefficient (Wildman–Crippen LogP) is 1.54. The van der Waals surface area contributed by atoms with Crippen molar-refractivity contribution in [3.8, 4) is 0 Å². The molecule has 0 aromatic carbocycles. The maximum Gasteiger partial charge on any atom is 0.307 e. The van der Waals surface area contributed by atoms with Crippen LogP contribution in [0, 0.1) is 17.8 Å². The van der Waals surface area contributed by atoms with Crippen molar-refractivity contribution >= 4 is 11.9 Å². The van der Waals surface area contributed by atoms with Crippen LogP contribution in [0.15, 0.2) is 0 Å². The zero-order valence-electron chi connectivity index (χ0n) is 12.1. The smallest absolute Gasteiger partial charge is 0.307 e. The summed E-state index contributed by atoms with van der Waals surface area (Å²) in [7, 11) is 0. The Morgan fingerprint density at radius 3 is 2.35 bits per heavy atom. The van der Waals surface area contributed by atoms with Crippen LogP contribution in [-0.4, -0.2) is 34.2 Å². The van der Waals surface area contributed by atoms with Gasteiger partial charge in [-0.2, -0.15) is 0 Å². The molecule has 114 valence electrons. The molecule has 0 aromatic rings. The van der Waals surface area contributed by atoms with Crippen molar-refractivity contribution in [2.24, 2.45) is 17.8 Å². The Balaban J connectivity index is 1.91.